The van der Waals surface area contributed by atoms with Crippen LogP contribution in [0.1, 0.15) is 18.1 Å². The molecule has 0 bridgehead atoms. The molecule has 2 N–H and O–H groups in total. The second kappa shape index (κ2) is 4.49. The Bertz CT molecular complexity index is 464. The van der Waals surface area contributed by atoms with Crippen LogP contribution in [0.25, 0.3) is 11.3 Å². The first-order valence-electron chi connectivity index (χ1n) is 5.58. The fourth-order valence-electron chi connectivity index (χ4n) is 1.96. The van der Waals surface area contributed by atoms with Gasteiger partial charge < -0.3 is 5.73 Å². The lowest BCUT2D eigenvalue weighted by Crippen LogP contribution is -2.03. The fourth-order valence-corrected chi connectivity index (χ4v) is 1.96. The molecule has 1 aromatic carbocycles. The summed E-state index contributed by atoms with van der Waals surface area (Å²) in [4.78, 5) is 0. The Hall–Kier alpha value is -1.61. The number of hydrogen-bond donors (Lipinski definition) is 1. The summed E-state index contributed by atoms with van der Waals surface area (Å²) in [6, 6.07) is 8.34. The SMILES string of the molecule is CCn1ncc(CN)c1-c1ccccc1C. The molecule has 1 heterocycles. The molecule has 84 valence electrons. The average Bonchev–Trinajstić information content (AvgIpc) is 2.72. The summed E-state index contributed by atoms with van der Waals surface area (Å²) < 4.78 is 2.00. The summed E-state index contributed by atoms with van der Waals surface area (Å²) in [5, 5.41) is 4.36. The maximum Gasteiger partial charge on any atom is 0.0729 e. The van der Waals surface area contributed by atoms with Gasteiger partial charge in [0.25, 0.3) is 0 Å². The standard InChI is InChI=1S/C13H17N3/c1-3-16-13(11(8-14)9-15-16)12-7-5-4-6-10(12)2/h4-7,9H,3,8,14H2,1-2H3. The molecular weight excluding hydrogens is 198 g/mol. The van der Waals surface area contributed by atoms with Crippen LogP contribution in [0.4, 0.5) is 0 Å². The van der Waals surface area contributed by atoms with E-state index in [0.717, 1.165) is 17.8 Å². The van der Waals surface area contributed by atoms with Crippen LogP contribution in [0.3, 0.4) is 0 Å². The highest BCUT2D eigenvalue weighted by Gasteiger charge is 2.12. The number of aryl methyl sites for hydroxylation is 2. The summed E-state index contributed by atoms with van der Waals surface area (Å²) in [6.07, 6.45) is 1.87. The molecule has 2 rings (SSSR count). The van der Waals surface area contributed by atoms with Crippen molar-refractivity contribution in [3.8, 4) is 11.3 Å². The highest BCUT2D eigenvalue weighted by molar-refractivity contribution is 5.66. The van der Waals surface area contributed by atoms with E-state index in [-0.39, 0.29) is 0 Å². The molecule has 0 saturated heterocycles. The molecule has 0 atom stereocenters. The third-order valence-corrected chi connectivity index (χ3v) is 2.83. The molecule has 0 amide bonds. The predicted molar refractivity (Wildman–Crippen MR) is 66.0 cm³/mol. The van der Waals surface area contributed by atoms with Crippen LogP contribution in [-0.4, -0.2) is 9.78 Å². The monoisotopic (exact) mass is 215 g/mol. The Morgan fingerprint density at radius 2 is 2.06 bits per heavy atom. The molecule has 0 aliphatic rings. The zero-order valence-corrected chi connectivity index (χ0v) is 9.77. The van der Waals surface area contributed by atoms with Gasteiger partial charge >= 0.3 is 0 Å². The quantitative estimate of drug-likeness (QED) is 0.854. The molecule has 0 aliphatic heterocycles. The van der Waals surface area contributed by atoms with Crippen LogP contribution in [0.2, 0.25) is 0 Å². The molecule has 3 heteroatoms. The molecule has 0 unspecified atom stereocenters. The van der Waals surface area contributed by atoms with Gasteiger partial charge in [0, 0.05) is 24.2 Å². The van der Waals surface area contributed by atoms with Gasteiger partial charge in [0.2, 0.25) is 0 Å². The highest BCUT2D eigenvalue weighted by atomic mass is 15.3. The van der Waals surface area contributed by atoms with Gasteiger partial charge in [-0.15, -0.1) is 0 Å². The minimum Gasteiger partial charge on any atom is -0.326 e. The van der Waals surface area contributed by atoms with Gasteiger partial charge in [-0.3, -0.25) is 4.68 Å². The van der Waals surface area contributed by atoms with E-state index in [9.17, 15) is 0 Å². The smallest absolute Gasteiger partial charge is 0.0729 e. The summed E-state index contributed by atoms with van der Waals surface area (Å²) in [6.45, 7) is 5.60. The summed E-state index contributed by atoms with van der Waals surface area (Å²) in [5.74, 6) is 0. The molecule has 0 aliphatic carbocycles. The van der Waals surface area contributed by atoms with Crippen molar-refractivity contribution < 1.29 is 0 Å². The summed E-state index contributed by atoms with van der Waals surface area (Å²) in [7, 11) is 0. The Morgan fingerprint density at radius 3 is 2.69 bits per heavy atom. The van der Waals surface area contributed by atoms with Crippen molar-refractivity contribution in [2.24, 2.45) is 5.73 Å². The van der Waals surface area contributed by atoms with Gasteiger partial charge in [0.05, 0.1) is 11.9 Å². The first kappa shape index (κ1) is 10.9. The maximum absolute atomic E-state index is 5.75. The second-order valence-corrected chi connectivity index (χ2v) is 3.85. The number of benzene rings is 1. The minimum atomic E-state index is 0.531. The lowest BCUT2D eigenvalue weighted by Gasteiger charge is -2.10. The van der Waals surface area contributed by atoms with Crippen molar-refractivity contribution >= 4 is 0 Å². The number of hydrogen-bond acceptors (Lipinski definition) is 2. The van der Waals surface area contributed by atoms with Crippen molar-refractivity contribution in [3.63, 3.8) is 0 Å². The van der Waals surface area contributed by atoms with Crippen molar-refractivity contribution in [3.05, 3.63) is 41.6 Å². The lowest BCUT2D eigenvalue weighted by molar-refractivity contribution is 0.666. The van der Waals surface area contributed by atoms with E-state index >= 15 is 0 Å². The Labute approximate surface area is 95.9 Å². The van der Waals surface area contributed by atoms with E-state index in [1.807, 2.05) is 16.9 Å². The molecule has 0 radical (unpaired) electrons. The first-order valence-corrected chi connectivity index (χ1v) is 5.58. The molecule has 1 aromatic heterocycles. The second-order valence-electron chi connectivity index (χ2n) is 3.85. The van der Waals surface area contributed by atoms with Crippen LogP contribution in [0, 0.1) is 6.92 Å². The van der Waals surface area contributed by atoms with Crippen LogP contribution >= 0.6 is 0 Å². The van der Waals surface area contributed by atoms with E-state index in [0.29, 0.717) is 6.54 Å². The van der Waals surface area contributed by atoms with Crippen LogP contribution < -0.4 is 5.73 Å². The Kier molecular flexibility index (Phi) is 3.06. The van der Waals surface area contributed by atoms with Crippen molar-refractivity contribution in [2.45, 2.75) is 26.9 Å². The largest absolute Gasteiger partial charge is 0.326 e. The lowest BCUT2D eigenvalue weighted by atomic mass is 10.0. The number of nitrogens with two attached hydrogens (primary N) is 1. The zero-order chi connectivity index (χ0) is 11.5. The van der Waals surface area contributed by atoms with E-state index in [4.69, 9.17) is 5.73 Å². The molecule has 0 fully saturated rings. The van der Waals surface area contributed by atoms with E-state index < -0.39 is 0 Å². The number of aromatic nitrogens is 2. The molecule has 0 spiro atoms. The maximum atomic E-state index is 5.75. The van der Waals surface area contributed by atoms with Crippen molar-refractivity contribution in [1.29, 1.82) is 0 Å². The van der Waals surface area contributed by atoms with Crippen molar-refractivity contribution in [2.75, 3.05) is 0 Å². The van der Waals surface area contributed by atoms with E-state index in [1.54, 1.807) is 0 Å². The third kappa shape index (κ3) is 1.74. The zero-order valence-electron chi connectivity index (χ0n) is 9.77. The van der Waals surface area contributed by atoms with E-state index in [2.05, 4.69) is 37.1 Å². The topological polar surface area (TPSA) is 43.8 Å². The van der Waals surface area contributed by atoms with Gasteiger partial charge in [-0.05, 0) is 19.4 Å². The van der Waals surface area contributed by atoms with Gasteiger partial charge in [-0.1, -0.05) is 24.3 Å². The minimum absolute atomic E-state index is 0.531. The summed E-state index contributed by atoms with van der Waals surface area (Å²) >= 11 is 0. The summed E-state index contributed by atoms with van der Waals surface area (Å²) in [5.41, 5.74) is 10.5. The van der Waals surface area contributed by atoms with Crippen LogP contribution in [0.5, 0.6) is 0 Å². The third-order valence-electron chi connectivity index (χ3n) is 2.83. The number of rotatable bonds is 3. The van der Waals surface area contributed by atoms with Gasteiger partial charge in [0.15, 0.2) is 0 Å². The van der Waals surface area contributed by atoms with Gasteiger partial charge in [-0.25, -0.2) is 0 Å². The molecule has 2 aromatic rings. The first-order chi connectivity index (χ1) is 7.77. The molecule has 3 nitrogen and oxygen atoms in total. The fraction of sp³-hybridized carbons (Fsp3) is 0.308. The average molecular weight is 215 g/mol. The van der Waals surface area contributed by atoms with Gasteiger partial charge in [0.1, 0.15) is 0 Å². The van der Waals surface area contributed by atoms with E-state index in [1.165, 1.54) is 11.1 Å². The molecular formula is C13H17N3. The Balaban J connectivity index is 2.62. The predicted octanol–water partition coefficient (Wildman–Crippen LogP) is 2.34. The Morgan fingerprint density at radius 1 is 1.31 bits per heavy atom. The van der Waals surface area contributed by atoms with Gasteiger partial charge in [-0.2, -0.15) is 5.10 Å². The van der Waals surface area contributed by atoms with Crippen molar-refractivity contribution in [1.82, 2.24) is 9.78 Å². The van der Waals surface area contributed by atoms with Crippen LogP contribution in [0.15, 0.2) is 30.5 Å². The normalized spacial score (nSPS) is 10.7. The van der Waals surface area contributed by atoms with Crippen LogP contribution in [-0.2, 0) is 13.1 Å². The molecule has 0 saturated carbocycles. The number of nitrogens with zero attached hydrogens (tertiary/aromatic N) is 2. The molecule has 16 heavy (non-hydrogen) atoms. The highest BCUT2D eigenvalue weighted by Crippen LogP contribution is 2.26.